The summed E-state index contributed by atoms with van der Waals surface area (Å²) in [5.41, 5.74) is 2.70. The first-order valence-corrected chi connectivity index (χ1v) is 7.79. The maximum Gasteiger partial charge on any atom is 0.280 e. The minimum absolute atomic E-state index is 0.161. The van der Waals surface area contributed by atoms with Crippen LogP contribution in [-0.2, 0) is 7.05 Å². The molecule has 0 saturated heterocycles. The second-order valence-electron chi connectivity index (χ2n) is 5.79. The van der Waals surface area contributed by atoms with Crippen LogP contribution in [0.15, 0.2) is 41.2 Å². The lowest BCUT2D eigenvalue weighted by atomic mass is 10.1. The SMILES string of the molecule is Cc1cc(C)cc(NC(=O)c2nn(C)c3ccc(Cl)cc3c2=O)c1. The summed E-state index contributed by atoms with van der Waals surface area (Å²) in [6, 6.07) is 10.6. The van der Waals surface area contributed by atoms with Crippen LogP contribution in [0.1, 0.15) is 21.6 Å². The summed E-state index contributed by atoms with van der Waals surface area (Å²) >= 11 is 5.97. The molecule has 0 unspecified atom stereocenters. The van der Waals surface area contributed by atoms with E-state index in [9.17, 15) is 9.59 Å². The number of amides is 1. The minimum atomic E-state index is -0.539. The molecular weight excluding hydrogens is 326 g/mol. The molecule has 2 aromatic carbocycles. The number of aromatic nitrogens is 2. The van der Waals surface area contributed by atoms with E-state index < -0.39 is 11.3 Å². The van der Waals surface area contributed by atoms with E-state index in [-0.39, 0.29) is 5.69 Å². The van der Waals surface area contributed by atoms with Crippen molar-refractivity contribution in [1.82, 2.24) is 9.78 Å². The Bertz CT molecular complexity index is 1000. The molecule has 0 spiro atoms. The Balaban J connectivity index is 2.07. The molecule has 1 N–H and O–H groups in total. The van der Waals surface area contributed by atoms with Gasteiger partial charge in [0.15, 0.2) is 5.69 Å². The average Bonchev–Trinajstić information content (AvgIpc) is 2.49. The summed E-state index contributed by atoms with van der Waals surface area (Å²) in [6.45, 7) is 3.88. The number of benzene rings is 2. The molecule has 0 bridgehead atoms. The highest BCUT2D eigenvalue weighted by Crippen LogP contribution is 2.17. The third-order valence-corrected chi connectivity index (χ3v) is 3.95. The molecule has 0 fully saturated rings. The molecule has 0 saturated carbocycles. The average molecular weight is 342 g/mol. The molecular formula is C18H16ClN3O2. The largest absolute Gasteiger partial charge is 0.320 e. The first-order chi connectivity index (χ1) is 11.3. The minimum Gasteiger partial charge on any atom is -0.320 e. The van der Waals surface area contributed by atoms with Crippen LogP contribution in [-0.4, -0.2) is 15.7 Å². The Morgan fingerprint density at radius 3 is 2.46 bits per heavy atom. The summed E-state index contributed by atoms with van der Waals surface area (Å²) in [6.07, 6.45) is 0. The van der Waals surface area contributed by atoms with E-state index in [2.05, 4.69) is 10.4 Å². The van der Waals surface area contributed by atoms with Gasteiger partial charge in [0, 0.05) is 17.8 Å². The number of rotatable bonds is 2. The first kappa shape index (κ1) is 16.2. The smallest absolute Gasteiger partial charge is 0.280 e. The van der Waals surface area contributed by atoms with Gasteiger partial charge < -0.3 is 5.32 Å². The van der Waals surface area contributed by atoms with Crippen molar-refractivity contribution in [2.75, 3.05) is 5.32 Å². The predicted molar refractivity (Wildman–Crippen MR) is 95.9 cm³/mol. The van der Waals surface area contributed by atoms with Gasteiger partial charge in [-0.15, -0.1) is 0 Å². The zero-order valence-corrected chi connectivity index (χ0v) is 14.3. The number of carbonyl (C=O) groups excluding carboxylic acids is 1. The quantitative estimate of drug-likeness (QED) is 0.776. The fourth-order valence-corrected chi connectivity index (χ4v) is 2.91. The van der Waals surface area contributed by atoms with Crippen molar-refractivity contribution in [3.63, 3.8) is 0 Å². The van der Waals surface area contributed by atoms with Crippen LogP contribution in [0.2, 0.25) is 5.02 Å². The van der Waals surface area contributed by atoms with Crippen LogP contribution in [0.25, 0.3) is 10.9 Å². The molecule has 0 aliphatic heterocycles. The summed E-state index contributed by atoms with van der Waals surface area (Å²) in [5, 5.41) is 7.66. The number of hydrogen-bond acceptors (Lipinski definition) is 3. The second-order valence-corrected chi connectivity index (χ2v) is 6.23. The Hall–Kier alpha value is -2.66. The Labute approximate surface area is 143 Å². The van der Waals surface area contributed by atoms with Crippen molar-refractivity contribution >= 4 is 34.1 Å². The van der Waals surface area contributed by atoms with Crippen LogP contribution in [0, 0.1) is 13.8 Å². The highest BCUT2D eigenvalue weighted by atomic mass is 35.5. The van der Waals surface area contributed by atoms with Gasteiger partial charge in [0.1, 0.15) is 0 Å². The number of aryl methyl sites for hydroxylation is 3. The van der Waals surface area contributed by atoms with Gasteiger partial charge >= 0.3 is 0 Å². The standard InChI is InChI=1S/C18H16ClN3O2/c1-10-6-11(2)8-13(7-10)20-18(24)16-17(23)14-9-12(19)4-5-15(14)22(3)21-16/h4-9H,1-3H3,(H,20,24). The summed E-state index contributed by atoms with van der Waals surface area (Å²) in [4.78, 5) is 25.1. The lowest BCUT2D eigenvalue weighted by Gasteiger charge is -2.10. The molecule has 122 valence electrons. The van der Waals surface area contributed by atoms with Gasteiger partial charge in [0.2, 0.25) is 5.43 Å². The lowest BCUT2D eigenvalue weighted by Crippen LogP contribution is -2.26. The molecule has 5 nitrogen and oxygen atoms in total. The topological polar surface area (TPSA) is 64.0 Å². The molecule has 24 heavy (non-hydrogen) atoms. The van der Waals surface area contributed by atoms with Crippen LogP contribution in [0.4, 0.5) is 5.69 Å². The number of fused-ring (bicyclic) bond motifs is 1. The fraction of sp³-hybridized carbons (Fsp3) is 0.167. The maximum absolute atomic E-state index is 12.6. The summed E-state index contributed by atoms with van der Waals surface area (Å²) in [7, 11) is 1.68. The number of halogens is 1. The van der Waals surface area contributed by atoms with E-state index >= 15 is 0 Å². The summed E-state index contributed by atoms with van der Waals surface area (Å²) < 4.78 is 1.50. The van der Waals surface area contributed by atoms with E-state index in [4.69, 9.17) is 11.6 Å². The van der Waals surface area contributed by atoms with E-state index in [1.165, 1.54) is 4.68 Å². The Morgan fingerprint density at radius 1 is 1.12 bits per heavy atom. The monoisotopic (exact) mass is 341 g/mol. The van der Waals surface area contributed by atoms with Gasteiger partial charge in [-0.25, -0.2) is 0 Å². The van der Waals surface area contributed by atoms with Crippen molar-refractivity contribution in [2.24, 2.45) is 7.05 Å². The molecule has 3 rings (SSSR count). The molecule has 0 radical (unpaired) electrons. The van der Waals surface area contributed by atoms with Crippen molar-refractivity contribution in [3.05, 3.63) is 68.5 Å². The summed E-state index contributed by atoms with van der Waals surface area (Å²) in [5.74, 6) is -0.539. The van der Waals surface area contributed by atoms with Gasteiger partial charge in [0.05, 0.1) is 10.9 Å². The van der Waals surface area contributed by atoms with Crippen LogP contribution in [0.3, 0.4) is 0 Å². The number of anilines is 1. The molecule has 1 aromatic heterocycles. The molecule has 6 heteroatoms. The molecule has 0 atom stereocenters. The van der Waals surface area contributed by atoms with E-state index in [0.29, 0.717) is 21.6 Å². The number of nitrogens with zero attached hydrogens (tertiary/aromatic N) is 2. The number of nitrogens with one attached hydrogen (secondary N) is 1. The zero-order valence-electron chi connectivity index (χ0n) is 13.6. The Morgan fingerprint density at radius 2 is 1.79 bits per heavy atom. The van der Waals surface area contributed by atoms with Gasteiger partial charge in [-0.3, -0.25) is 14.3 Å². The zero-order chi connectivity index (χ0) is 17.4. The highest BCUT2D eigenvalue weighted by molar-refractivity contribution is 6.31. The van der Waals surface area contributed by atoms with Crippen molar-refractivity contribution in [2.45, 2.75) is 13.8 Å². The third-order valence-electron chi connectivity index (χ3n) is 3.71. The second kappa shape index (κ2) is 6.09. The van der Waals surface area contributed by atoms with Gasteiger partial charge in [-0.1, -0.05) is 17.7 Å². The van der Waals surface area contributed by atoms with E-state index in [1.807, 2.05) is 32.0 Å². The lowest BCUT2D eigenvalue weighted by molar-refractivity contribution is 0.101. The normalized spacial score (nSPS) is 10.8. The highest BCUT2D eigenvalue weighted by Gasteiger charge is 2.17. The predicted octanol–water partition coefficient (Wildman–Crippen LogP) is 3.46. The third kappa shape index (κ3) is 3.03. The van der Waals surface area contributed by atoms with Gasteiger partial charge in [-0.2, -0.15) is 5.10 Å². The first-order valence-electron chi connectivity index (χ1n) is 7.41. The number of carbonyl (C=O) groups is 1. The molecule has 3 aromatic rings. The van der Waals surface area contributed by atoms with Crippen molar-refractivity contribution in [1.29, 1.82) is 0 Å². The van der Waals surface area contributed by atoms with Crippen LogP contribution in [0.5, 0.6) is 0 Å². The van der Waals surface area contributed by atoms with Gasteiger partial charge in [0.25, 0.3) is 5.91 Å². The molecule has 0 aliphatic rings. The molecule has 1 amide bonds. The van der Waals surface area contributed by atoms with Crippen LogP contribution >= 0.6 is 11.6 Å². The van der Waals surface area contributed by atoms with E-state index in [1.54, 1.807) is 25.2 Å². The van der Waals surface area contributed by atoms with Crippen LogP contribution < -0.4 is 10.7 Å². The van der Waals surface area contributed by atoms with Gasteiger partial charge in [-0.05, 0) is 55.3 Å². The maximum atomic E-state index is 12.6. The fourth-order valence-electron chi connectivity index (χ4n) is 2.73. The van der Waals surface area contributed by atoms with Crippen molar-refractivity contribution < 1.29 is 4.79 Å². The molecule has 0 aliphatic carbocycles. The van der Waals surface area contributed by atoms with E-state index in [0.717, 1.165) is 11.1 Å². The Kier molecular flexibility index (Phi) is 4.11. The molecule has 1 heterocycles. The van der Waals surface area contributed by atoms with Crippen molar-refractivity contribution in [3.8, 4) is 0 Å². The number of hydrogen-bond donors (Lipinski definition) is 1.